The molecule has 0 saturated carbocycles. The molecule has 2 nitrogen and oxygen atoms in total. The summed E-state index contributed by atoms with van der Waals surface area (Å²) in [6, 6.07) is 6.67. The molecule has 82 valence electrons. The summed E-state index contributed by atoms with van der Waals surface area (Å²) in [5, 5.41) is 0. The van der Waals surface area contributed by atoms with Crippen molar-refractivity contribution in [3.8, 4) is 0 Å². The van der Waals surface area contributed by atoms with Crippen LogP contribution in [0, 0.1) is 5.82 Å². The fourth-order valence-corrected chi connectivity index (χ4v) is 2.03. The van der Waals surface area contributed by atoms with E-state index in [2.05, 4.69) is 11.8 Å². The molecule has 1 aromatic carbocycles. The Morgan fingerprint density at radius 3 is 2.47 bits per heavy atom. The number of halogens is 1. The van der Waals surface area contributed by atoms with E-state index in [4.69, 9.17) is 5.73 Å². The molecule has 0 amide bonds. The van der Waals surface area contributed by atoms with Gasteiger partial charge in [0.15, 0.2) is 0 Å². The largest absolute Gasteiger partial charge is 0.323 e. The van der Waals surface area contributed by atoms with Gasteiger partial charge < -0.3 is 5.73 Å². The van der Waals surface area contributed by atoms with Crippen molar-refractivity contribution in [2.24, 2.45) is 5.73 Å². The minimum atomic E-state index is -0.177. The number of benzene rings is 1. The predicted molar refractivity (Wildman–Crippen MR) is 58.9 cm³/mol. The van der Waals surface area contributed by atoms with Gasteiger partial charge in [0.05, 0.1) is 0 Å². The van der Waals surface area contributed by atoms with E-state index in [0.717, 1.165) is 31.6 Å². The number of hydrogen-bond donors (Lipinski definition) is 1. The summed E-state index contributed by atoms with van der Waals surface area (Å²) in [4.78, 5) is 2.29. The number of rotatable bonds is 3. The van der Waals surface area contributed by atoms with Crippen LogP contribution in [0.15, 0.2) is 24.3 Å². The number of likely N-dealkylation sites (tertiary alicyclic amines) is 1. The van der Waals surface area contributed by atoms with Crippen molar-refractivity contribution in [2.75, 3.05) is 13.1 Å². The highest BCUT2D eigenvalue weighted by atomic mass is 19.1. The fourth-order valence-electron chi connectivity index (χ4n) is 2.03. The first-order chi connectivity index (χ1) is 7.11. The normalized spacial score (nSPS) is 19.9. The van der Waals surface area contributed by atoms with Crippen LogP contribution in [0.2, 0.25) is 0 Å². The van der Waals surface area contributed by atoms with Crippen LogP contribution in [0.3, 0.4) is 0 Å². The van der Waals surface area contributed by atoms with E-state index in [1.54, 1.807) is 0 Å². The molecule has 1 saturated heterocycles. The quantitative estimate of drug-likeness (QED) is 0.820. The molecule has 2 rings (SSSR count). The lowest BCUT2D eigenvalue weighted by atomic mass is 9.88. The molecule has 1 aromatic rings. The monoisotopic (exact) mass is 208 g/mol. The second kappa shape index (κ2) is 3.91. The van der Waals surface area contributed by atoms with Crippen molar-refractivity contribution < 1.29 is 4.39 Å². The molecule has 3 heteroatoms. The van der Waals surface area contributed by atoms with E-state index in [9.17, 15) is 4.39 Å². The Hall–Kier alpha value is -0.930. The highest BCUT2D eigenvalue weighted by Crippen LogP contribution is 2.23. The summed E-state index contributed by atoms with van der Waals surface area (Å²) in [6.07, 6.45) is 1.02. The van der Waals surface area contributed by atoms with Crippen LogP contribution in [0.25, 0.3) is 0 Å². The molecular weight excluding hydrogens is 191 g/mol. The van der Waals surface area contributed by atoms with Crippen LogP contribution in [0.4, 0.5) is 4.39 Å². The SMILES string of the molecule is CCC1(N)CN(Cc2ccc(F)cc2)C1. The third kappa shape index (κ3) is 2.36. The van der Waals surface area contributed by atoms with Crippen LogP contribution in [-0.2, 0) is 6.54 Å². The first kappa shape index (κ1) is 10.6. The van der Waals surface area contributed by atoms with E-state index in [-0.39, 0.29) is 11.4 Å². The molecule has 1 aliphatic heterocycles. The first-order valence-corrected chi connectivity index (χ1v) is 5.37. The van der Waals surface area contributed by atoms with Crippen LogP contribution in [-0.4, -0.2) is 23.5 Å². The third-order valence-corrected chi connectivity index (χ3v) is 3.10. The minimum Gasteiger partial charge on any atom is -0.323 e. The molecule has 2 N–H and O–H groups in total. The standard InChI is InChI=1S/C12H17FN2/c1-2-12(14)8-15(9-12)7-10-3-5-11(13)6-4-10/h3-6H,2,7-9,14H2,1H3. The summed E-state index contributed by atoms with van der Waals surface area (Å²) >= 11 is 0. The molecule has 1 heterocycles. The van der Waals surface area contributed by atoms with Crippen molar-refractivity contribution in [1.82, 2.24) is 4.90 Å². The van der Waals surface area contributed by atoms with Gasteiger partial charge in [0.1, 0.15) is 5.82 Å². The predicted octanol–water partition coefficient (Wildman–Crippen LogP) is 1.75. The zero-order chi connectivity index (χ0) is 10.9. The molecule has 0 aromatic heterocycles. The van der Waals surface area contributed by atoms with Gasteiger partial charge in [-0.2, -0.15) is 0 Å². The number of hydrogen-bond acceptors (Lipinski definition) is 2. The van der Waals surface area contributed by atoms with Crippen molar-refractivity contribution in [2.45, 2.75) is 25.4 Å². The molecule has 1 aliphatic rings. The van der Waals surface area contributed by atoms with Crippen LogP contribution in [0.1, 0.15) is 18.9 Å². The lowest BCUT2D eigenvalue weighted by molar-refractivity contribution is 0.0607. The zero-order valence-corrected chi connectivity index (χ0v) is 9.04. The molecule has 0 bridgehead atoms. The zero-order valence-electron chi connectivity index (χ0n) is 9.04. The summed E-state index contributed by atoms with van der Waals surface area (Å²) in [6.45, 7) is 4.89. The van der Waals surface area contributed by atoms with Gasteiger partial charge in [0, 0.05) is 25.2 Å². The fraction of sp³-hybridized carbons (Fsp3) is 0.500. The average Bonchev–Trinajstić information content (AvgIpc) is 2.19. The van der Waals surface area contributed by atoms with Gasteiger partial charge in [0.2, 0.25) is 0 Å². The molecule has 0 aliphatic carbocycles. The van der Waals surface area contributed by atoms with Gasteiger partial charge in [-0.3, -0.25) is 4.90 Å². The molecule has 15 heavy (non-hydrogen) atoms. The summed E-state index contributed by atoms with van der Waals surface area (Å²) in [5.74, 6) is -0.177. The molecular formula is C12H17FN2. The van der Waals surface area contributed by atoms with Gasteiger partial charge in [-0.1, -0.05) is 19.1 Å². The second-order valence-corrected chi connectivity index (χ2v) is 4.49. The van der Waals surface area contributed by atoms with E-state index in [0.29, 0.717) is 0 Å². The summed E-state index contributed by atoms with van der Waals surface area (Å²) < 4.78 is 12.7. The number of nitrogens with zero attached hydrogens (tertiary/aromatic N) is 1. The topological polar surface area (TPSA) is 29.3 Å². The maximum absolute atomic E-state index is 12.7. The molecule has 0 radical (unpaired) electrons. The molecule has 0 unspecified atom stereocenters. The third-order valence-electron chi connectivity index (χ3n) is 3.10. The van der Waals surface area contributed by atoms with E-state index in [1.807, 2.05) is 12.1 Å². The lowest BCUT2D eigenvalue weighted by Gasteiger charge is -2.47. The first-order valence-electron chi connectivity index (χ1n) is 5.37. The van der Waals surface area contributed by atoms with Crippen LogP contribution in [0.5, 0.6) is 0 Å². The van der Waals surface area contributed by atoms with Crippen molar-refractivity contribution >= 4 is 0 Å². The highest BCUT2D eigenvalue weighted by Gasteiger charge is 2.37. The Labute approximate surface area is 89.9 Å². The van der Waals surface area contributed by atoms with Gasteiger partial charge in [0.25, 0.3) is 0 Å². The Kier molecular flexibility index (Phi) is 2.76. The van der Waals surface area contributed by atoms with Crippen LogP contribution >= 0.6 is 0 Å². The Morgan fingerprint density at radius 1 is 1.33 bits per heavy atom. The van der Waals surface area contributed by atoms with E-state index in [1.165, 1.54) is 12.1 Å². The Morgan fingerprint density at radius 2 is 1.93 bits per heavy atom. The van der Waals surface area contributed by atoms with Crippen molar-refractivity contribution in [3.63, 3.8) is 0 Å². The number of nitrogens with two attached hydrogens (primary N) is 1. The van der Waals surface area contributed by atoms with Gasteiger partial charge in [-0.15, -0.1) is 0 Å². The molecule has 0 spiro atoms. The van der Waals surface area contributed by atoms with Crippen molar-refractivity contribution in [3.05, 3.63) is 35.6 Å². The lowest BCUT2D eigenvalue weighted by Crippen LogP contribution is -2.66. The Bertz CT molecular complexity index is 328. The average molecular weight is 208 g/mol. The maximum atomic E-state index is 12.7. The minimum absolute atomic E-state index is 0.0139. The van der Waals surface area contributed by atoms with Gasteiger partial charge in [-0.25, -0.2) is 4.39 Å². The second-order valence-electron chi connectivity index (χ2n) is 4.49. The van der Waals surface area contributed by atoms with Gasteiger partial charge >= 0.3 is 0 Å². The van der Waals surface area contributed by atoms with E-state index < -0.39 is 0 Å². The highest BCUT2D eigenvalue weighted by molar-refractivity contribution is 5.17. The smallest absolute Gasteiger partial charge is 0.123 e. The Balaban J connectivity index is 1.87. The summed E-state index contributed by atoms with van der Waals surface area (Å²) in [5.41, 5.74) is 7.23. The molecule has 1 fully saturated rings. The molecule has 0 atom stereocenters. The van der Waals surface area contributed by atoms with E-state index >= 15 is 0 Å². The summed E-state index contributed by atoms with van der Waals surface area (Å²) in [7, 11) is 0. The van der Waals surface area contributed by atoms with Crippen molar-refractivity contribution in [1.29, 1.82) is 0 Å². The van der Waals surface area contributed by atoms with Crippen LogP contribution < -0.4 is 5.73 Å². The van der Waals surface area contributed by atoms with Gasteiger partial charge in [-0.05, 0) is 24.1 Å². The maximum Gasteiger partial charge on any atom is 0.123 e.